The maximum absolute atomic E-state index is 13.1. The van der Waals surface area contributed by atoms with E-state index in [1.807, 2.05) is 12.1 Å². The fourth-order valence-electron chi connectivity index (χ4n) is 6.81. The Labute approximate surface area is 307 Å². The first kappa shape index (κ1) is 37.6. The van der Waals surface area contributed by atoms with Gasteiger partial charge in [-0.3, -0.25) is 14.4 Å². The predicted molar refractivity (Wildman–Crippen MR) is 185 cm³/mol. The third-order valence-corrected chi connectivity index (χ3v) is 9.90. The normalized spacial score (nSPS) is 20.1. The van der Waals surface area contributed by atoms with Crippen molar-refractivity contribution in [2.45, 2.75) is 68.7 Å². The Morgan fingerprint density at radius 3 is 2.28 bits per heavy atom. The van der Waals surface area contributed by atoms with E-state index in [9.17, 15) is 32.3 Å². The molecule has 3 aliphatic carbocycles. The molecule has 0 radical (unpaired) electrons. The molecule has 53 heavy (non-hydrogen) atoms. The Hall–Kier alpha value is -5.19. The van der Waals surface area contributed by atoms with Crippen LogP contribution >= 0.6 is 11.6 Å². The van der Waals surface area contributed by atoms with E-state index in [0.29, 0.717) is 22.5 Å². The van der Waals surface area contributed by atoms with Crippen molar-refractivity contribution in [3.05, 3.63) is 64.7 Å². The zero-order valence-electron chi connectivity index (χ0n) is 28.6. The maximum Gasteiger partial charge on any atom is 0.422 e. The summed E-state index contributed by atoms with van der Waals surface area (Å²) in [6, 6.07) is 11.3. The number of hydrogen-bond acceptors (Lipinski definition) is 11. The number of ether oxygens (including phenoxy) is 2. The van der Waals surface area contributed by atoms with Crippen LogP contribution in [-0.4, -0.2) is 77.2 Å². The quantitative estimate of drug-likeness (QED) is 0.116. The molecule has 3 fully saturated rings. The van der Waals surface area contributed by atoms with Crippen molar-refractivity contribution in [3.63, 3.8) is 0 Å². The van der Waals surface area contributed by atoms with E-state index < -0.39 is 54.1 Å². The SMILES string of the molecule is COC(=O)[C@H](CCNC(=O)C(=O)N[C@@H]1C[C@@H]2CC[C@H]1C2)NC(=O)c1ccc(Nc2nc(NC3(c4ccc(Cl)cc4)CC3)nc(OCC(F)(F)F)n2)cc1. The van der Waals surface area contributed by atoms with Crippen LogP contribution in [0.1, 0.15) is 60.9 Å². The average Bonchev–Trinajstić information content (AvgIpc) is 3.59. The summed E-state index contributed by atoms with van der Waals surface area (Å²) >= 11 is 6.03. The third kappa shape index (κ3) is 9.82. The first-order valence-electron chi connectivity index (χ1n) is 17.1. The molecular formula is C35H38ClF3N8O6. The van der Waals surface area contributed by atoms with Crippen molar-refractivity contribution in [2.24, 2.45) is 11.8 Å². The maximum atomic E-state index is 13.1. The van der Waals surface area contributed by atoms with Crippen molar-refractivity contribution in [3.8, 4) is 6.01 Å². The highest BCUT2D eigenvalue weighted by Gasteiger charge is 2.45. The fraction of sp³-hybridized carbons (Fsp3) is 0.457. The molecule has 3 aromatic rings. The van der Waals surface area contributed by atoms with Crippen LogP contribution in [0, 0.1) is 11.8 Å². The molecule has 0 saturated heterocycles. The number of hydrogen-bond donors (Lipinski definition) is 5. The molecule has 14 nitrogen and oxygen atoms in total. The molecule has 18 heteroatoms. The van der Waals surface area contributed by atoms with Gasteiger partial charge in [0.15, 0.2) is 6.61 Å². The van der Waals surface area contributed by atoms with Crippen LogP contribution in [0.2, 0.25) is 5.02 Å². The summed E-state index contributed by atoms with van der Waals surface area (Å²) in [6.07, 6.45) is 0.917. The number of aromatic nitrogens is 3. The molecule has 1 heterocycles. The number of nitrogens with zero attached hydrogens (tertiary/aromatic N) is 3. The van der Waals surface area contributed by atoms with Gasteiger partial charge in [-0.25, -0.2) is 4.79 Å². The third-order valence-electron chi connectivity index (χ3n) is 9.65. The lowest BCUT2D eigenvalue weighted by atomic mass is 9.95. The van der Waals surface area contributed by atoms with Gasteiger partial charge in [0, 0.05) is 28.9 Å². The topological polar surface area (TPSA) is 186 Å². The Bertz CT molecular complexity index is 1830. The monoisotopic (exact) mass is 758 g/mol. The Kier molecular flexibility index (Phi) is 11.2. The van der Waals surface area contributed by atoms with Gasteiger partial charge in [0.05, 0.1) is 12.6 Å². The summed E-state index contributed by atoms with van der Waals surface area (Å²) in [5.74, 6) is -2.06. The number of nitrogens with one attached hydrogen (secondary N) is 5. The van der Waals surface area contributed by atoms with Gasteiger partial charge in [-0.15, -0.1) is 0 Å². The zero-order valence-corrected chi connectivity index (χ0v) is 29.4. The minimum Gasteiger partial charge on any atom is -0.467 e. The van der Waals surface area contributed by atoms with E-state index in [1.165, 1.54) is 24.3 Å². The van der Waals surface area contributed by atoms with Gasteiger partial charge in [0.1, 0.15) is 6.04 Å². The number of anilines is 3. The fourth-order valence-corrected chi connectivity index (χ4v) is 6.93. The standard InChI is InChI=1S/C35H38ClF3N8O6/c1-52-30(51)25(12-15-40-28(49)29(50)43-26-17-19-2-3-21(26)16-19)42-27(48)20-4-10-24(11-5-20)41-31-44-32(46-33(45-31)53-18-35(37,38)39)47-34(13-14-34)22-6-8-23(36)9-7-22/h4-11,19,21,25-26H,2-3,12-18H2,1H3,(H,40,49)(H,42,48)(H,43,50)(H2,41,44,45,46,47)/t19-,21+,25+,26-/m1/s1. The number of amides is 3. The lowest BCUT2D eigenvalue weighted by molar-refractivity contribution is -0.154. The van der Waals surface area contributed by atoms with Crippen LogP contribution in [0.25, 0.3) is 0 Å². The lowest BCUT2D eigenvalue weighted by Crippen LogP contribution is -2.48. The summed E-state index contributed by atoms with van der Waals surface area (Å²) in [5, 5.41) is 14.5. The Morgan fingerprint density at radius 2 is 1.66 bits per heavy atom. The van der Waals surface area contributed by atoms with Gasteiger partial charge in [0.2, 0.25) is 11.9 Å². The first-order chi connectivity index (χ1) is 25.3. The summed E-state index contributed by atoms with van der Waals surface area (Å²) in [6.45, 7) is -1.69. The van der Waals surface area contributed by atoms with Crippen molar-refractivity contribution in [1.29, 1.82) is 0 Å². The van der Waals surface area contributed by atoms with Crippen LogP contribution in [-0.2, 0) is 24.7 Å². The van der Waals surface area contributed by atoms with E-state index in [4.69, 9.17) is 21.1 Å². The lowest BCUT2D eigenvalue weighted by Gasteiger charge is -2.22. The minimum absolute atomic E-state index is 0.00207. The number of esters is 1. The number of fused-ring (bicyclic) bond motifs is 2. The molecule has 3 amide bonds. The molecular weight excluding hydrogens is 721 g/mol. The molecule has 3 aliphatic rings. The molecule has 1 aromatic heterocycles. The number of alkyl halides is 3. The van der Waals surface area contributed by atoms with Crippen LogP contribution in [0.15, 0.2) is 48.5 Å². The van der Waals surface area contributed by atoms with E-state index in [1.54, 1.807) is 12.1 Å². The molecule has 282 valence electrons. The molecule has 0 aliphatic heterocycles. The van der Waals surface area contributed by atoms with Crippen LogP contribution in [0.3, 0.4) is 0 Å². The molecule has 0 unspecified atom stereocenters. The molecule has 0 spiro atoms. The number of benzene rings is 2. The summed E-state index contributed by atoms with van der Waals surface area (Å²) in [4.78, 5) is 62.7. The van der Waals surface area contributed by atoms with Crippen molar-refractivity contribution in [2.75, 3.05) is 30.9 Å². The molecule has 5 N–H and O–H groups in total. The van der Waals surface area contributed by atoms with E-state index in [2.05, 4.69) is 41.5 Å². The Morgan fingerprint density at radius 1 is 0.943 bits per heavy atom. The smallest absolute Gasteiger partial charge is 0.422 e. The van der Waals surface area contributed by atoms with Gasteiger partial charge in [-0.1, -0.05) is 30.2 Å². The second-order valence-electron chi connectivity index (χ2n) is 13.4. The summed E-state index contributed by atoms with van der Waals surface area (Å²) < 4.78 is 48.5. The second kappa shape index (κ2) is 15.8. The van der Waals surface area contributed by atoms with Gasteiger partial charge in [-0.2, -0.15) is 28.1 Å². The van der Waals surface area contributed by atoms with Crippen LogP contribution in [0.4, 0.5) is 30.8 Å². The van der Waals surface area contributed by atoms with E-state index in [-0.39, 0.29) is 36.5 Å². The average molecular weight is 759 g/mol. The number of carbonyl (C=O) groups is 4. The highest BCUT2D eigenvalue weighted by Crippen LogP contribution is 2.48. The van der Waals surface area contributed by atoms with E-state index in [0.717, 1.165) is 51.2 Å². The van der Waals surface area contributed by atoms with Crippen LogP contribution in [0.5, 0.6) is 6.01 Å². The molecule has 3 saturated carbocycles. The van der Waals surface area contributed by atoms with Gasteiger partial charge < -0.3 is 36.1 Å². The summed E-state index contributed by atoms with van der Waals surface area (Å²) in [5.41, 5.74) is 0.882. The predicted octanol–water partition coefficient (Wildman–Crippen LogP) is 4.39. The highest BCUT2D eigenvalue weighted by atomic mass is 35.5. The van der Waals surface area contributed by atoms with Crippen molar-refractivity contribution < 1.29 is 41.8 Å². The molecule has 6 rings (SSSR count). The molecule has 2 aromatic carbocycles. The molecule has 4 atom stereocenters. The largest absolute Gasteiger partial charge is 0.467 e. The Balaban J connectivity index is 1.06. The van der Waals surface area contributed by atoms with E-state index >= 15 is 0 Å². The van der Waals surface area contributed by atoms with Gasteiger partial charge in [0.25, 0.3) is 5.91 Å². The first-order valence-corrected chi connectivity index (χ1v) is 17.5. The molecule has 2 bridgehead atoms. The van der Waals surface area contributed by atoms with Crippen molar-refractivity contribution >= 4 is 52.9 Å². The second-order valence-corrected chi connectivity index (χ2v) is 13.9. The van der Waals surface area contributed by atoms with Gasteiger partial charge in [-0.05, 0) is 92.3 Å². The van der Waals surface area contributed by atoms with Crippen LogP contribution < -0.4 is 31.3 Å². The number of methoxy groups -OCH3 is 1. The van der Waals surface area contributed by atoms with Crippen molar-refractivity contribution in [1.82, 2.24) is 30.9 Å². The number of carbonyl (C=O) groups excluding carboxylic acids is 4. The zero-order chi connectivity index (χ0) is 37.8. The summed E-state index contributed by atoms with van der Waals surface area (Å²) in [7, 11) is 1.16. The minimum atomic E-state index is -4.63. The van der Waals surface area contributed by atoms with Gasteiger partial charge >= 0.3 is 30.0 Å². The number of rotatable bonds is 14. The number of halogens is 4. The highest BCUT2D eigenvalue weighted by molar-refractivity contribution is 6.35.